The first-order valence-electron chi connectivity index (χ1n) is 10.9. The van der Waals surface area contributed by atoms with Crippen LogP contribution in [0.25, 0.3) is 0 Å². The van der Waals surface area contributed by atoms with Crippen LogP contribution in [0.15, 0.2) is 29.3 Å². The first kappa shape index (κ1) is 26.3. The minimum Gasteiger partial charge on any atom is -0.444 e. The molecule has 1 atom stereocenters. The van der Waals surface area contributed by atoms with E-state index >= 15 is 0 Å². The first-order chi connectivity index (χ1) is 14.7. The van der Waals surface area contributed by atoms with E-state index in [0.717, 1.165) is 31.2 Å². The van der Waals surface area contributed by atoms with E-state index < -0.39 is 11.7 Å². The third-order valence-electron chi connectivity index (χ3n) is 4.48. The number of amides is 2. The van der Waals surface area contributed by atoms with Crippen molar-refractivity contribution < 1.29 is 14.3 Å². The molecule has 0 saturated carbocycles. The van der Waals surface area contributed by atoms with Gasteiger partial charge in [0.2, 0.25) is 0 Å². The van der Waals surface area contributed by atoms with Crippen LogP contribution in [0.2, 0.25) is 0 Å². The van der Waals surface area contributed by atoms with E-state index in [-0.39, 0.29) is 11.9 Å². The second-order valence-electron chi connectivity index (χ2n) is 8.39. The van der Waals surface area contributed by atoms with Crippen molar-refractivity contribution in [3.8, 4) is 0 Å². The molecular weight excluding hydrogens is 394 g/mol. The Morgan fingerprint density at radius 2 is 1.94 bits per heavy atom. The highest BCUT2D eigenvalue weighted by atomic mass is 16.6. The summed E-state index contributed by atoms with van der Waals surface area (Å²) in [5, 5.41) is 12.2. The van der Waals surface area contributed by atoms with Crippen LogP contribution in [0.5, 0.6) is 0 Å². The van der Waals surface area contributed by atoms with Gasteiger partial charge in [-0.2, -0.15) is 0 Å². The number of carbonyl (C=O) groups excluding carboxylic acids is 2. The summed E-state index contributed by atoms with van der Waals surface area (Å²) < 4.78 is 5.32. The number of benzene rings is 1. The van der Waals surface area contributed by atoms with Crippen molar-refractivity contribution in [3.63, 3.8) is 0 Å². The average molecular weight is 434 g/mol. The Hall–Kier alpha value is -2.77. The molecule has 1 aromatic rings. The number of aliphatic imine (C=N–C) groups is 1. The Morgan fingerprint density at radius 3 is 2.55 bits per heavy atom. The van der Waals surface area contributed by atoms with Crippen molar-refractivity contribution in [1.29, 1.82) is 0 Å². The van der Waals surface area contributed by atoms with Gasteiger partial charge in [-0.15, -0.1) is 0 Å². The fourth-order valence-corrected chi connectivity index (χ4v) is 2.92. The number of hydrogen-bond acceptors (Lipinski definition) is 4. The van der Waals surface area contributed by atoms with E-state index in [9.17, 15) is 9.59 Å². The van der Waals surface area contributed by atoms with Gasteiger partial charge in [-0.25, -0.2) is 4.79 Å². The fraction of sp³-hybridized carbons (Fsp3) is 0.609. The van der Waals surface area contributed by atoms with Crippen LogP contribution in [0, 0.1) is 0 Å². The SMILES string of the molecule is CCCCC(CNC(=O)OC(C)(C)C)NC(=NC)NCCc1cccc(C(=O)NC)c1. The molecule has 0 bridgehead atoms. The standard InChI is InChI=1S/C23H39N5O3/c1-7-8-12-19(16-27-22(30)31-23(2,3)4)28-21(25-6)26-14-13-17-10-9-11-18(15-17)20(29)24-5/h9-11,15,19H,7-8,12-14,16H2,1-6H3,(H,24,29)(H,27,30)(H2,25,26,28). The van der Waals surface area contributed by atoms with Crippen molar-refractivity contribution in [2.75, 3.05) is 27.2 Å². The van der Waals surface area contributed by atoms with Gasteiger partial charge in [-0.1, -0.05) is 31.9 Å². The molecule has 0 aliphatic carbocycles. The maximum Gasteiger partial charge on any atom is 0.407 e. The Balaban J connectivity index is 2.57. The van der Waals surface area contributed by atoms with Gasteiger partial charge in [0.1, 0.15) is 5.60 Å². The van der Waals surface area contributed by atoms with Crippen molar-refractivity contribution in [2.24, 2.45) is 4.99 Å². The third kappa shape index (κ3) is 11.3. The number of rotatable bonds is 10. The zero-order valence-corrected chi connectivity index (χ0v) is 19.8. The Bertz CT molecular complexity index is 728. The predicted molar refractivity (Wildman–Crippen MR) is 126 cm³/mol. The van der Waals surface area contributed by atoms with Crippen molar-refractivity contribution >= 4 is 18.0 Å². The summed E-state index contributed by atoms with van der Waals surface area (Å²) in [6.45, 7) is 8.78. The molecule has 1 aromatic carbocycles. The van der Waals surface area contributed by atoms with E-state index in [1.165, 1.54) is 0 Å². The molecule has 0 saturated heterocycles. The summed E-state index contributed by atoms with van der Waals surface area (Å²) in [6.07, 6.45) is 3.34. The number of alkyl carbamates (subject to hydrolysis) is 1. The Morgan fingerprint density at radius 1 is 1.19 bits per heavy atom. The fourth-order valence-electron chi connectivity index (χ4n) is 2.92. The molecule has 0 radical (unpaired) electrons. The van der Waals surface area contributed by atoms with Crippen molar-refractivity contribution in [2.45, 2.75) is 65.0 Å². The van der Waals surface area contributed by atoms with Crippen LogP contribution in [0.4, 0.5) is 4.79 Å². The maximum atomic E-state index is 12.0. The monoisotopic (exact) mass is 433 g/mol. The molecule has 0 spiro atoms. The second-order valence-corrected chi connectivity index (χ2v) is 8.39. The molecule has 8 heteroatoms. The van der Waals surface area contributed by atoms with Crippen LogP contribution in [0.1, 0.15) is 62.9 Å². The van der Waals surface area contributed by atoms with E-state index in [0.29, 0.717) is 24.6 Å². The summed E-state index contributed by atoms with van der Waals surface area (Å²) in [4.78, 5) is 28.1. The van der Waals surface area contributed by atoms with Gasteiger partial charge >= 0.3 is 6.09 Å². The number of carbonyl (C=O) groups is 2. The number of nitrogens with zero attached hydrogens (tertiary/aromatic N) is 1. The quantitative estimate of drug-likeness (QED) is 0.336. The van der Waals surface area contributed by atoms with E-state index in [1.54, 1.807) is 20.2 Å². The van der Waals surface area contributed by atoms with Gasteiger partial charge in [0.05, 0.1) is 0 Å². The van der Waals surface area contributed by atoms with Gasteiger partial charge in [0, 0.05) is 38.8 Å². The minimum atomic E-state index is -0.525. The van der Waals surface area contributed by atoms with Gasteiger partial charge in [0.25, 0.3) is 5.91 Å². The molecule has 0 heterocycles. The average Bonchev–Trinajstić information content (AvgIpc) is 2.72. The lowest BCUT2D eigenvalue weighted by Gasteiger charge is -2.24. The highest BCUT2D eigenvalue weighted by Gasteiger charge is 2.18. The molecule has 0 aliphatic rings. The van der Waals surface area contributed by atoms with E-state index in [1.807, 2.05) is 39.0 Å². The first-order valence-corrected chi connectivity index (χ1v) is 10.9. The van der Waals surface area contributed by atoms with Crippen LogP contribution in [-0.2, 0) is 11.2 Å². The summed E-state index contributed by atoms with van der Waals surface area (Å²) in [6, 6.07) is 7.61. The van der Waals surface area contributed by atoms with Gasteiger partial charge in [-0.05, 0) is 51.3 Å². The molecular formula is C23H39N5O3. The summed E-state index contributed by atoms with van der Waals surface area (Å²) in [5.74, 6) is 0.582. The topological polar surface area (TPSA) is 104 Å². The Kier molecular flexibility index (Phi) is 11.5. The molecule has 31 heavy (non-hydrogen) atoms. The lowest BCUT2D eigenvalue weighted by molar-refractivity contribution is 0.0522. The Labute approximate surface area is 186 Å². The molecule has 4 N–H and O–H groups in total. The highest BCUT2D eigenvalue weighted by molar-refractivity contribution is 5.94. The normalized spacial score (nSPS) is 12.6. The molecule has 0 fully saturated rings. The van der Waals surface area contributed by atoms with Crippen molar-refractivity contribution in [3.05, 3.63) is 35.4 Å². The number of nitrogens with one attached hydrogen (secondary N) is 4. The molecule has 0 aromatic heterocycles. The van der Waals surface area contributed by atoms with Crippen molar-refractivity contribution in [1.82, 2.24) is 21.3 Å². The summed E-state index contributed by atoms with van der Waals surface area (Å²) in [7, 11) is 3.35. The number of guanidine groups is 1. The highest BCUT2D eigenvalue weighted by Crippen LogP contribution is 2.07. The molecule has 174 valence electrons. The second kappa shape index (κ2) is 13.5. The van der Waals surface area contributed by atoms with Crippen LogP contribution in [0.3, 0.4) is 0 Å². The minimum absolute atomic E-state index is 0.0373. The molecule has 0 aliphatic heterocycles. The van der Waals surface area contributed by atoms with Crippen LogP contribution in [-0.4, -0.2) is 56.8 Å². The smallest absolute Gasteiger partial charge is 0.407 e. The van der Waals surface area contributed by atoms with E-state index in [4.69, 9.17) is 4.74 Å². The molecule has 1 unspecified atom stereocenters. The molecule has 2 amide bonds. The number of hydrogen-bond donors (Lipinski definition) is 4. The number of ether oxygens (including phenoxy) is 1. The van der Waals surface area contributed by atoms with Crippen LogP contribution < -0.4 is 21.3 Å². The molecule has 1 rings (SSSR count). The largest absolute Gasteiger partial charge is 0.444 e. The predicted octanol–water partition coefficient (Wildman–Crippen LogP) is 2.84. The lowest BCUT2D eigenvalue weighted by Crippen LogP contribution is -2.49. The van der Waals surface area contributed by atoms with Crippen LogP contribution >= 0.6 is 0 Å². The zero-order valence-electron chi connectivity index (χ0n) is 19.8. The lowest BCUT2D eigenvalue weighted by atomic mass is 10.1. The van der Waals surface area contributed by atoms with Gasteiger partial charge in [-0.3, -0.25) is 9.79 Å². The summed E-state index contributed by atoms with van der Waals surface area (Å²) >= 11 is 0. The molecule has 8 nitrogen and oxygen atoms in total. The maximum absolute atomic E-state index is 12.0. The zero-order chi connectivity index (χ0) is 23.3. The van der Waals surface area contributed by atoms with Gasteiger partial charge in [0.15, 0.2) is 5.96 Å². The van der Waals surface area contributed by atoms with Gasteiger partial charge < -0.3 is 26.0 Å². The summed E-state index contributed by atoms with van der Waals surface area (Å²) in [5.41, 5.74) is 1.19. The third-order valence-corrected chi connectivity index (χ3v) is 4.48. The number of unbranched alkanes of at least 4 members (excludes halogenated alkanes) is 1. The van der Waals surface area contributed by atoms with E-state index in [2.05, 4.69) is 33.2 Å².